The molecule has 4 rings (SSSR count). The fourth-order valence-corrected chi connectivity index (χ4v) is 3.71. The molecule has 0 spiro atoms. The summed E-state index contributed by atoms with van der Waals surface area (Å²) in [7, 11) is 0. The zero-order chi connectivity index (χ0) is 17.6. The van der Waals surface area contributed by atoms with E-state index < -0.39 is 5.97 Å². The summed E-state index contributed by atoms with van der Waals surface area (Å²) in [6, 6.07) is 9.39. The minimum atomic E-state index is -1.06. The molecule has 1 aromatic carbocycles. The second kappa shape index (κ2) is 5.84. The molecule has 7 nitrogen and oxygen atoms in total. The average Bonchev–Trinajstić information content (AvgIpc) is 3.00. The molecule has 1 N–H and O–H groups in total. The van der Waals surface area contributed by atoms with Crippen LogP contribution in [0.3, 0.4) is 0 Å². The summed E-state index contributed by atoms with van der Waals surface area (Å²) in [5.74, 6) is -0.261. The van der Waals surface area contributed by atoms with Gasteiger partial charge in [-0.1, -0.05) is 18.2 Å². The van der Waals surface area contributed by atoms with Crippen LogP contribution in [0.2, 0.25) is 0 Å². The first-order valence-corrected chi connectivity index (χ1v) is 8.26. The third-order valence-electron chi connectivity index (χ3n) is 5.03. The monoisotopic (exact) mass is 338 g/mol. The summed E-state index contributed by atoms with van der Waals surface area (Å²) in [6.45, 7) is 3.68. The molecule has 1 atom stereocenters. The molecular weight excluding hydrogens is 320 g/mol. The van der Waals surface area contributed by atoms with Crippen molar-refractivity contribution in [1.82, 2.24) is 15.1 Å². The fourth-order valence-electron chi connectivity index (χ4n) is 3.71. The van der Waals surface area contributed by atoms with E-state index in [1.54, 1.807) is 6.92 Å². The van der Waals surface area contributed by atoms with Crippen LogP contribution < -0.4 is 4.90 Å². The maximum Gasteiger partial charge on any atom is 0.356 e. The summed E-state index contributed by atoms with van der Waals surface area (Å²) in [6.07, 6.45) is 0.690. The number of anilines is 1. The lowest BCUT2D eigenvalue weighted by atomic mass is 10.0. The number of hydrogen-bond acceptors (Lipinski definition) is 5. The van der Waals surface area contributed by atoms with Crippen LogP contribution in [0.1, 0.15) is 32.0 Å². The van der Waals surface area contributed by atoms with Crippen LogP contribution in [0.4, 0.5) is 5.82 Å². The van der Waals surface area contributed by atoms with Gasteiger partial charge in [0, 0.05) is 30.8 Å². The molecule has 2 aliphatic heterocycles. The Kier molecular flexibility index (Phi) is 3.63. The largest absolute Gasteiger partial charge is 0.476 e. The molecule has 1 aromatic heterocycles. The molecule has 3 heterocycles. The number of rotatable bonds is 2. The lowest BCUT2D eigenvalue weighted by Crippen LogP contribution is -2.53. The number of carboxylic acids is 1. The van der Waals surface area contributed by atoms with Gasteiger partial charge >= 0.3 is 5.97 Å². The summed E-state index contributed by atoms with van der Waals surface area (Å²) in [5, 5.41) is 17.2. The van der Waals surface area contributed by atoms with Gasteiger partial charge < -0.3 is 14.9 Å². The van der Waals surface area contributed by atoms with E-state index in [-0.39, 0.29) is 17.6 Å². The Labute approximate surface area is 144 Å². The molecule has 0 aliphatic carbocycles. The first-order valence-electron chi connectivity index (χ1n) is 8.26. The van der Waals surface area contributed by atoms with Crippen molar-refractivity contribution in [3.05, 3.63) is 52.7 Å². The molecule has 2 aliphatic rings. The normalized spacial score (nSPS) is 18.7. The smallest absolute Gasteiger partial charge is 0.356 e. The van der Waals surface area contributed by atoms with Crippen molar-refractivity contribution in [1.29, 1.82) is 0 Å². The van der Waals surface area contributed by atoms with E-state index >= 15 is 0 Å². The predicted octanol–water partition coefficient (Wildman–Crippen LogP) is 1.37. The summed E-state index contributed by atoms with van der Waals surface area (Å²) < 4.78 is 0. The third kappa shape index (κ3) is 2.52. The number of nitrogens with zero attached hydrogens (tertiary/aromatic N) is 4. The second-order valence-corrected chi connectivity index (χ2v) is 6.45. The van der Waals surface area contributed by atoms with Crippen molar-refractivity contribution in [3.8, 4) is 0 Å². The van der Waals surface area contributed by atoms with E-state index in [0.717, 1.165) is 11.4 Å². The van der Waals surface area contributed by atoms with Crippen LogP contribution in [-0.4, -0.2) is 57.8 Å². The number of aromatic carboxylic acids is 1. The minimum Gasteiger partial charge on any atom is -0.476 e. The van der Waals surface area contributed by atoms with Gasteiger partial charge in [-0.3, -0.25) is 4.79 Å². The minimum absolute atomic E-state index is 0.0100. The van der Waals surface area contributed by atoms with Gasteiger partial charge in [-0.25, -0.2) is 4.79 Å². The number of piperazine rings is 1. The molecule has 2 aromatic rings. The van der Waals surface area contributed by atoms with Gasteiger partial charge in [-0.2, -0.15) is 0 Å². The van der Waals surface area contributed by atoms with Gasteiger partial charge in [0.25, 0.3) is 5.91 Å². The average molecular weight is 338 g/mol. The van der Waals surface area contributed by atoms with Gasteiger partial charge in [0.2, 0.25) is 0 Å². The SMILES string of the molecule is Cc1c(C(=O)O)nnc2c1CC1CN(C(=O)c3ccccc3)CCN21. The Bertz CT molecular complexity index is 853. The predicted molar refractivity (Wildman–Crippen MR) is 90.9 cm³/mol. The first kappa shape index (κ1) is 15.6. The number of aromatic nitrogens is 2. The van der Waals surface area contributed by atoms with Gasteiger partial charge in [0.1, 0.15) is 0 Å². The van der Waals surface area contributed by atoms with Crippen molar-refractivity contribution < 1.29 is 14.7 Å². The lowest BCUT2D eigenvalue weighted by Gasteiger charge is -2.38. The zero-order valence-corrected chi connectivity index (χ0v) is 13.8. The number of carboxylic acid groups (broad SMARTS) is 1. The zero-order valence-electron chi connectivity index (χ0n) is 13.8. The first-order chi connectivity index (χ1) is 12.1. The maximum atomic E-state index is 12.7. The van der Waals surface area contributed by atoms with Crippen molar-refractivity contribution in [2.45, 2.75) is 19.4 Å². The van der Waals surface area contributed by atoms with Crippen LogP contribution in [0.5, 0.6) is 0 Å². The van der Waals surface area contributed by atoms with Crippen LogP contribution >= 0.6 is 0 Å². The molecular formula is C18H18N4O3. The Morgan fingerprint density at radius 3 is 2.64 bits per heavy atom. The van der Waals surface area contributed by atoms with Crippen LogP contribution in [-0.2, 0) is 6.42 Å². The van der Waals surface area contributed by atoms with Gasteiger partial charge in [0.05, 0.1) is 6.04 Å². The van der Waals surface area contributed by atoms with Gasteiger partial charge in [-0.15, -0.1) is 10.2 Å². The Morgan fingerprint density at radius 1 is 1.16 bits per heavy atom. The molecule has 128 valence electrons. The van der Waals surface area contributed by atoms with Crippen molar-refractivity contribution in [3.63, 3.8) is 0 Å². The second-order valence-electron chi connectivity index (χ2n) is 6.45. The van der Waals surface area contributed by atoms with E-state index in [1.807, 2.05) is 35.2 Å². The summed E-state index contributed by atoms with van der Waals surface area (Å²) >= 11 is 0. The number of carbonyl (C=O) groups is 2. The molecule has 1 amide bonds. The van der Waals surface area contributed by atoms with E-state index in [4.69, 9.17) is 0 Å². The molecule has 25 heavy (non-hydrogen) atoms. The summed E-state index contributed by atoms with van der Waals surface area (Å²) in [5.41, 5.74) is 2.31. The lowest BCUT2D eigenvalue weighted by molar-refractivity contribution is 0.0686. The molecule has 7 heteroatoms. The molecule has 1 unspecified atom stereocenters. The highest BCUT2D eigenvalue weighted by Gasteiger charge is 2.38. The molecule has 0 saturated carbocycles. The Morgan fingerprint density at radius 2 is 1.92 bits per heavy atom. The van der Waals surface area contributed by atoms with E-state index in [1.165, 1.54) is 0 Å². The topological polar surface area (TPSA) is 86.6 Å². The summed E-state index contributed by atoms with van der Waals surface area (Å²) in [4.78, 5) is 28.0. The highest BCUT2D eigenvalue weighted by Crippen LogP contribution is 2.34. The van der Waals surface area contributed by atoms with Gasteiger partial charge in [0.15, 0.2) is 11.5 Å². The Balaban J connectivity index is 1.57. The number of hydrogen-bond donors (Lipinski definition) is 1. The highest BCUT2D eigenvalue weighted by atomic mass is 16.4. The van der Waals surface area contributed by atoms with Crippen LogP contribution in [0.25, 0.3) is 0 Å². The number of carbonyl (C=O) groups excluding carboxylic acids is 1. The molecule has 1 fully saturated rings. The number of amides is 1. The Hall–Kier alpha value is -2.96. The number of fused-ring (bicyclic) bond motifs is 3. The number of benzene rings is 1. The van der Waals surface area contributed by atoms with E-state index in [9.17, 15) is 14.7 Å². The molecule has 0 radical (unpaired) electrons. The van der Waals surface area contributed by atoms with Crippen molar-refractivity contribution in [2.24, 2.45) is 0 Å². The van der Waals surface area contributed by atoms with E-state index in [0.29, 0.717) is 37.2 Å². The highest BCUT2D eigenvalue weighted by molar-refractivity contribution is 5.94. The van der Waals surface area contributed by atoms with Crippen LogP contribution in [0.15, 0.2) is 30.3 Å². The molecule has 1 saturated heterocycles. The fraction of sp³-hybridized carbons (Fsp3) is 0.333. The van der Waals surface area contributed by atoms with Gasteiger partial charge in [-0.05, 0) is 31.0 Å². The quantitative estimate of drug-likeness (QED) is 0.890. The molecule has 0 bridgehead atoms. The standard InChI is InChI=1S/C18H18N4O3/c1-11-14-9-13-10-21(17(23)12-5-3-2-4-6-12)7-8-22(13)16(14)20-19-15(11)18(24)25/h2-6,13H,7-10H2,1H3,(H,24,25). The third-order valence-corrected chi connectivity index (χ3v) is 5.03. The van der Waals surface area contributed by atoms with Crippen LogP contribution in [0, 0.1) is 6.92 Å². The van der Waals surface area contributed by atoms with Crippen molar-refractivity contribution >= 4 is 17.7 Å². The van der Waals surface area contributed by atoms with E-state index in [2.05, 4.69) is 15.1 Å². The van der Waals surface area contributed by atoms with Crippen molar-refractivity contribution in [2.75, 3.05) is 24.5 Å². The maximum absolute atomic E-state index is 12.7.